The van der Waals surface area contributed by atoms with E-state index in [-0.39, 0.29) is 23.1 Å². The second-order valence-electron chi connectivity index (χ2n) is 7.34. The molecule has 2 aromatic heterocycles. The molecule has 0 aromatic carbocycles. The molecule has 3 heterocycles. The van der Waals surface area contributed by atoms with Crippen LogP contribution in [-0.2, 0) is 16.1 Å². The molecule has 1 N–H and O–H groups in total. The fraction of sp³-hybridized carbons (Fsp3) is 0.526. The Hall–Kier alpha value is -1.38. The molecule has 2 aromatic rings. The number of thiazole rings is 1. The maximum absolute atomic E-state index is 12.5. The molecular weight excluding hydrogens is 398 g/mol. The fourth-order valence-corrected chi connectivity index (χ4v) is 6.19. The van der Waals surface area contributed by atoms with E-state index in [0.717, 1.165) is 42.4 Å². The molecule has 4 rings (SSSR count). The fourth-order valence-electron chi connectivity index (χ4n) is 3.80. The zero-order valence-electron chi connectivity index (χ0n) is 15.3. The molecule has 5 nitrogen and oxygen atoms in total. The molecule has 1 aliphatic heterocycles. The van der Waals surface area contributed by atoms with Crippen molar-refractivity contribution in [3.63, 3.8) is 0 Å². The molecule has 1 atom stereocenters. The maximum atomic E-state index is 12.5. The highest BCUT2D eigenvalue weighted by Crippen LogP contribution is 2.59. The second kappa shape index (κ2) is 7.93. The first-order valence-corrected chi connectivity index (χ1v) is 11.9. The van der Waals surface area contributed by atoms with Gasteiger partial charge in [0.1, 0.15) is 0 Å². The number of amides is 2. The predicted molar refractivity (Wildman–Crippen MR) is 110 cm³/mol. The summed E-state index contributed by atoms with van der Waals surface area (Å²) in [5.41, 5.74) is 1.14. The van der Waals surface area contributed by atoms with E-state index >= 15 is 0 Å². The molecular formula is C19H23N3O2S3. The lowest BCUT2D eigenvalue weighted by molar-refractivity contribution is -0.130. The summed E-state index contributed by atoms with van der Waals surface area (Å²) in [4.78, 5) is 32.5. The Labute approximate surface area is 171 Å². The second-order valence-corrected chi connectivity index (χ2v) is 10.5. The quantitative estimate of drug-likeness (QED) is 0.725. The van der Waals surface area contributed by atoms with Crippen molar-refractivity contribution in [3.05, 3.63) is 33.5 Å². The van der Waals surface area contributed by atoms with E-state index in [1.54, 1.807) is 22.7 Å². The Morgan fingerprint density at radius 2 is 2.19 bits per heavy atom. The standard InChI is InChI=1S/C19H23N3O2S3/c1-13-11-26-18(21-13)27-12-16(23)22-6-4-19(5-7-22)9-15(19)17(24)20-10-14-3-2-8-25-14/h2-3,8,11,15H,4-7,9-10,12H2,1H3,(H,20,24). The molecule has 1 saturated carbocycles. The minimum absolute atomic E-state index is 0.127. The summed E-state index contributed by atoms with van der Waals surface area (Å²) >= 11 is 4.78. The molecule has 0 radical (unpaired) electrons. The summed E-state index contributed by atoms with van der Waals surface area (Å²) in [5.74, 6) is 0.937. The van der Waals surface area contributed by atoms with Gasteiger partial charge >= 0.3 is 0 Å². The van der Waals surface area contributed by atoms with E-state index in [1.165, 1.54) is 16.6 Å². The third-order valence-corrected chi connectivity index (χ3v) is 8.55. The van der Waals surface area contributed by atoms with E-state index < -0.39 is 0 Å². The molecule has 2 aliphatic rings. The summed E-state index contributed by atoms with van der Waals surface area (Å²) in [6.07, 6.45) is 2.85. The smallest absolute Gasteiger partial charge is 0.233 e. The van der Waals surface area contributed by atoms with Crippen LogP contribution in [0.2, 0.25) is 0 Å². The Morgan fingerprint density at radius 1 is 1.37 bits per heavy atom. The van der Waals surface area contributed by atoms with Crippen LogP contribution in [0.25, 0.3) is 0 Å². The number of nitrogens with one attached hydrogen (secondary N) is 1. The zero-order valence-corrected chi connectivity index (χ0v) is 17.7. The van der Waals surface area contributed by atoms with E-state index in [4.69, 9.17) is 0 Å². The third-order valence-electron chi connectivity index (χ3n) is 5.55. The average Bonchev–Trinajstić information content (AvgIpc) is 3.04. The van der Waals surface area contributed by atoms with Gasteiger partial charge < -0.3 is 10.2 Å². The highest BCUT2D eigenvalue weighted by molar-refractivity contribution is 8.01. The first kappa shape index (κ1) is 19.0. The van der Waals surface area contributed by atoms with Crippen LogP contribution in [0.5, 0.6) is 0 Å². The van der Waals surface area contributed by atoms with Crippen LogP contribution in [0.3, 0.4) is 0 Å². The van der Waals surface area contributed by atoms with Crippen molar-refractivity contribution >= 4 is 46.2 Å². The number of likely N-dealkylation sites (tertiary alicyclic amines) is 1. The van der Waals surface area contributed by atoms with Gasteiger partial charge in [0.25, 0.3) is 0 Å². The van der Waals surface area contributed by atoms with Gasteiger partial charge in [-0.25, -0.2) is 4.98 Å². The highest BCUT2D eigenvalue weighted by Gasteiger charge is 2.58. The van der Waals surface area contributed by atoms with Gasteiger partial charge in [-0.2, -0.15) is 0 Å². The van der Waals surface area contributed by atoms with Crippen LogP contribution in [0.1, 0.15) is 29.8 Å². The van der Waals surface area contributed by atoms with Crippen molar-refractivity contribution in [2.24, 2.45) is 11.3 Å². The topological polar surface area (TPSA) is 62.3 Å². The monoisotopic (exact) mass is 421 g/mol. The van der Waals surface area contributed by atoms with Crippen LogP contribution in [0.15, 0.2) is 27.2 Å². The van der Waals surface area contributed by atoms with Gasteiger partial charge in [-0.05, 0) is 43.0 Å². The number of thiophene rings is 1. The van der Waals surface area contributed by atoms with E-state index in [9.17, 15) is 9.59 Å². The molecule has 1 aliphatic carbocycles. The number of carbonyl (C=O) groups is 2. The van der Waals surface area contributed by atoms with Crippen LogP contribution < -0.4 is 5.32 Å². The SMILES string of the molecule is Cc1csc(SCC(=O)N2CCC3(CC2)CC3C(=O)NCc2cccs2)n1. The van der Waals surface area contributed by atoms with Gasteiger partial charge in [-0.3, -0.25) is 9.59 Å². The molecule has 0 bridgehead atoms. The predicted octanol–water partition coefficient (Wildman–Crippen LogP) is 3.55. The Bertz CT molecular complexity index is 810. The lowest BCUT2D eigenvalue weighted by atomic mass is 9.90. The number of hydrogen-bond acceptors (Lipinski definition) is 6. The number of hydrogen-bond donors (Lipinski definition) is 1. The molecule has 27 heavy (non-hydrogen) atoms. The minimum atomic E-state index is 0.127. The van der Waals surface area contributed by atoms with Gasteiger partial charge in [0.2, 0.25) is 11.8 Å². The van der Waals surface area contributed by atoms with Crippen molar-refractivity contribution in [3.8, 4) is 0 Å². The van der Waals surface area contributed by atoms with Crippen LogP contribution in [-0.4, -0.2) is 40.5 Å². The summed E-state index contributed by atoms with van der Waals surface area (Å²) < 4.78 is 0.957. The van der Waals surface area contributed by atoms with Crippen molar-refractivity contribution in [2.45, 2.75) is 37.1 Å². The Balaban J connectivity index is 1.21. The van der Waals surface area contributed by atoms with Crippen LogP contribution >= 0.6 is 34.4 Å². The van der Waals surface area contributed by atoms with E-state index in [2.05, 4.69) is 10.3 Å². The van der Waals surface area contributed by atoms with Gasteiger partial charge in [0.05, 0.1) is 12.3 Å². The van der Waals surface area contributed by atoms with Crippen LogP contribution in [0.4, 0.5) is 0 Å². The molecule has 1 unspecified atom stereocenters. The van der Waals surface area contributed by atoms with Gasteiger partial charge in [-0.15, -0.1) is 22.7 Å². The highest BCUT2D eigenvalue weighted by atomic mass is 32.2. The summed E-state index contributed by atoms with van der Waals surface area (Å²) in [6, 6.07) is 4.05. The van der Waals surface area contributed by atoms with E-state index in [0.29, 0.717) is 12.3 Å². The number of piperidine rings is 1. The molecule has 2 fully saturated rings. The normalized spacial score (nSPS) is 20.6. The first-order valence-electron chi connectivity index (χ1n) is 9.18. The molecule has 1 saturated heterocycles. The molecule has 1 spiro atoms. The molecule has 8 heteroatoms. The van der Waals surface area contributed by atoms with Crippen molar-refractivity contribution < 1.29 is 9.59 Å². The Morgan fingerprint density at radius 3 is 2.85 bits per heavy atom. The third kappa shape index (κ3) is 4.38. The lowest BCUT2D eigenvalue weighted by Crippen LogP contribution is -2.41. The van der Waals surface area contributed by atoms with Gasteiger partial charge in [0, 0.05) is 35.0 Å². The number of thioether (sulfide) groups is 1. The molecule has 2 amide bonds. The number of nitrogens with zero attached hydrogens (tertiary/aromatic N) is 2. The van der Waals surface area contributed by atoms with Gasteiger partial charge in [-0.1, -0.05) is 17.8 Å². The number of rotatable bonds is 6. The van der Waals surface area contributed by atoms with Gasteiger partial charge in [0.15, 0.2) is 4.34 Å². The van der Waals surface area contributed by atoms with Crippen LogP contribution in [0, 0.1) is 18.3 Å². The average molecular weight is 422 g/mol. The minimum Gasteiger partial charge on any atom is -0.351 e. The zero-order chi connectivity index (χ0) is 18.9. The number of carbonyl (C=O) groups excluding carboxylic acids is 2. The van der Waals surface area contributed by atoms with Crippen molar-refractivity contribution in [2.75, 3.05) is 18.8 Å². The van der Waals surface area contributed by atoms with Crippen molar-refractivity contribution in [1.82, 2.24) is 15.2 Å². The maximum Gasteiger partial charge on any atom is 0.233 e. The largest absolute Gasteiger partial charge is 0.351 e. The van der Waals surface area contributed by atoms with E-state index in [1.807, 2.05) is 34.7 Å². The summed E-state index contributed by atoms with van der Waals surface area (Å²) in [5, 5.41) is 7.11. The first-order chi connectivity index (χ1) is 13.1. The van der Waals surface area contributed by atoms with Crippen molar-refractivity contribution in [1.29, 1.82) is 0 Å². The number of aromatic nitrogens is 1. The Kier molecular flexibility index (Phi) is 5.57. The molecule has 144 valence electrons. The summed E-state index contributed by atoms with van der Waals surface area (Å²) in [6.45, 7) is 4.13. The lowest BCUT2D eigenvalue weighted by Gasteiger charge is -2.32. The summed E-state index contributed by atoms with van der Waals surface area (Å²) in [7, 11) is 0. The number of aryl methyl sites for hydroxylation is 1.